The van der Waals surface area contributed by atoms with Crippen molar-refractivity contribution in [1.29, 1.82) is 0 Å². The Balaban J connectivity index is 1.48. The zero-order valence-electron chi connectivity index (χ0n) is 14.3. The summed E-state index contributed by atoms with van der Waals surface area (Å²) in [5.74, 6) is 2.90. The fourth-order valence-electron chi connectivity index (χ4n) is 3.49. The highest BCUT2D eigenvalue weighted by molar-refractivity contribution is 5.52. The fourth-order valence-corrected chi connectivity index (χ4v) is 3.49. The van der Waals surface area contributed by atoms with Gasteiger partial charge in [-0.1, -0.05) is 0 Å². The predicted octanol–water partition coefficient (Wildman–Crippen LogP) is 1.15. The maximum Gasteiger partial charge on any atom is 0.226 e. The first-order valence-electron chi connectivity index (χ1n) is 8.55. The molecule has 2 aromatic heterocycles. The lowest BCUT2D eigenvalue weighted by atomic mass is 10.2. The monoisotopic (exact) mass is 325 g/mol. The molecule has 1 aliphatic carbocycles. The van der Waals surface area contributed by atoms with Gasteiger partial charge in [0.15, 0.2) is 0 Å². The molecule has 24 heavy (non-hydrogen) atoms. The summed E-state index contributed by atoms with van der Waals surface area (Å²) in [5, 5.41) is 0. The number of aromatic nitrogens is 4. The van der Waals surface area contributed by atoms with Crippen LogP contribution in [0.5, 0.6) is 0 Å². The molecule has 2 aromatic rings. The van der Waals surface area contributed by atoms with Gasteiger partial charge in [-0.3, -0.25) is 0 Å². The number of fused-ring (bicyclic) bond motifs is 1. The molecule has 2 aliphatic rings. The Bertz CT molecular complexity index is 723. The van der Waals surface area contributed by atoms with Crippen LogP contribution in [0.15, 0.2) is 18.6 Å². The van der Waals surface area contributed by atoms with E-state index in [1.54, 1.807) is 6.33 Å². The number of aryl methyl sites for hydroxylation is 1. The number of hydrogen-bond acceptors (Lipinski definition) is 7. The molecule has 3 heterocycles. The second kappa shape index (κ2) is 6.22. The topological polar surface area (TPSA) is 61.3 Å². The third kappa shape index (κ3) is 2.74. The van der Waals surface area contributed by atoms with Gasteiger partial charge in [-0.05, 0) is 25.3 Å². The van der Waals surface area contributed by atoms with E-state index in [9.17, 15) is 0 Å². The largest absolute Gasteiger partial charge is 0.353 e. The van der Waals surface area contributed by atoms with Gasteiger partial charge in [-0.15, -0.1) is 0 Å². The van der Waals surface area contributed by atoms with Crippen LogP contribution in [0, 0.1) is 0 Å². The standard InChI is InChI=1S/C17H23N7/c1-22(2)17-18-7-6-15(21-17)23-8-10-24(11-9-23)16-13-4-3-5-14(13)19-12-20-16/h6-7,12H,3-5,8-11H2,1-2H3. The molecule has 0 atom stereocenters. The molecule has 126 valence electrons. The second-order valence-corrected chi connectivity index (χ2v) is 6.56. The van der Waals surface area contributed by atoms with Crippen LogP contribution >= 0.6 is 0 Å². The Kier molecular flexibility index (Phi) is 3.92. The molecule has 7 heteroatoms. The lowest BCUT2D eigenvalue weighted by Gasteiger charge is -2.36. The van der Waals surface area contributed by atoms with Crippen molar-refractivity contribution in [3.8, 4) is 0 Å². The van der Waals surface area contributed by atoms with Crippen LogP contribution in [0.2, 0.25) is 0 Å². The minimum atomic E-state index is 0.753. The molecule has 0 spiro atoms. The van der Waals surface area contributed by atoms with Gasteiger partial charge in [0.25, 0.3) is 0 Å². The van der Waals surface area contributed by atoms with Gasteiger partial charge >= 0.3 is 0 Å². The second-order valence-electron chi connectivity index (χ2n) is 6.56. The van der Waals surface area contributed by atoms with E-state index in [4.69, 9.17) is 0 Å². The van der Waals surface area contributed by atoms with Crippen molar-refractivity contribution in [2.45, 2.75) is 19.3 Å². The molecular weight excluding hydrogens is 302 g/mol. The quantitative estimate of drug-likeness (QED) is 0.839. The van der Waals surface area contributed by atoms with Gasteiger partial charge in [0.2, 0.25) is 5.95 Å². The van der Waals surface area contributed by atoms with Crippen molar-refractivity contribution in [1.82, 2.24) is 19.9 Å². The summed E-state index contributed by atoms with van der Waals surface area (Å²) in [6.45, 7) is 3.82. The molecule has 0 amide bonds. The number of anilines is 3. The number of nitrogens with zero attached hydrogens (tertiary/aromatic N) is 7. The summed E-state index contributed by atoms with van der Waals surface area (Å²) in [4.78, 5) is 24.6. The van der Waals surface area contributed by atoms with E-state index >= 15 is 0 Å². The van der Waals surface area contributed by atoms with E-state index in [0.717, 1.165) is 56.6 Å². The van der Waals surface area contributed by atoms with Crippen molar-refractivity contribution in [3.63, 3.8) is 0 Å². The maximum absolute atomic E-state index is 4.65. The minimum absolute atomic E-state index is 0.753. The van der Waals surface area contributed by atoms with Gasteiger partial charge < -0.3 is 14.7 Å². The van der Waals surface area contributed by atoms with Crippen molar-refractivity contribution in [2.75, 3.05) is 55.0 Å². The van der Waals surface area contributed by atoms with Gasteiger partial charge in [-0.2, -0.15) is 4.98 Å². The SMILES string of the molecule is CN(C)c1nccc(N2CCN(c3ncnc4c3CCC4)CC2)n1. The van der Waals surface area contributed by atoms with Crippen molar-refractivity contribution >= 4 is 17.6 Å². The smallest absolute Gasteiger partial charge is 0.226 e. The van der Waals surface area contributed by atoms with Crippen LogP contribution in [0.25, 0.3) is 0 Å². The Morgan fingerprint density at radius 1 is 0.958 bits per heavy atom. The average molecular weight is 325 g/mol. The third-order valence-electron chi connectivity index (χ3n) is 4.78. The van der Waals surface area contributed by atoms with Crippen LogP contribution in [-0.2, 0) is 12.8 Å². The average Bonchev–Trinajstić information content (AvgIpc) is 3.11. The number of rotatable bonds is 3. The first-order chi connectivity index (χ1) is 11.7. The highest BCUT2D eigenvalue weighted by atomic mass is 15.3. The normalized spacial score (nSPS) is 17.1. The Morgan fingerprint density at radius 3 is 2.54 bits per heavy atom. The molecule has 1 aliphatic heterocycles. The molecular formula is C17H23N7. The molecule has 1 fully saturated rings. The van der Waals surface area contributed by atoms with Crippen molar-refractivity contribution in [2.24, 2.45) is 0 Å². The first-order valence-corrected chi connectivity index (χ1v) is 8.55. The van der Waals surface area contributed by atoms with Gasteiger partial charge in [0.05, 0.1) is 0 Å². The molecule has 0 unspecified atom stereocenters. The summed E-state index contributed by atoms with van der Waals surface area (Å²) in [5.41, 5.74) is 2.61. The number of hydrogen-bond donors (Lipinski definition) is 0. The van der Waals surface area contributed by atoms with Crippen LogP contribution < -0.4 is 14.7 Å². The van der Waals surface area contributed by atoms with Crippen LogP contribution in [-0.4, -0.2) is 60.2 Å². The Morgan fingerprint density at radius 2 is 1.75 bits per heavy atom. The zero-order valence-corrected chi connectivity index (χ0v) is 14.3. The summed E-state index contributed by atoms with van der Waals surface area (Å²) in [6.07, 6.45) is 6.97. The Labute approximate surface area is 142 Å². The van der Waals surface area contributed by atoms with E-state index in [2.05, 4.69) is 29.7 Å². The summed E-state index contributed by atoms with van der Waals surface area (Å²) in [6, 6.07) is 1.99. The molecule has 0 bridgehead atoms. The van der Waals surface area contributed by atoms with Gasteiger partial charge in [0, 0.05) is 57.7 Å². The molecule has 0 saturated carbocycles. The summed E-state index contributed by atoms with van der Waals surface area (Å²) >= 11 is 0. The highest BCUT2D eigenvalue weighted by Gasteiger charge is 2.24. The number of piperazine rings is 1. The van der Waals surface area contributed by atoms with Crippen molar-refractivity contribution in [3.05, 3.63) is 29.8 Å². The minimum Gasteiger partial charge on any atom is -0.353 e. The molecule has 7 nitrogen and oxygen atoms in total. The van der Waals surface area contributed by atoms with E-state index in [-0.39, 0.29) is 0 Å². The summed E-state index contributed by atoms with van der Waals surface area (Å²) in [7, 11) is 3.93. The lowest BCUT2D eigenvalue weighted by molar-refractivity contribution is 0.637. The van der Waals surface area contributed by atoms with Crippen LogP contribution in [0.4, 0.5) is 17.6 Å². The molecule has 1 saturated heterocycles. The first kappa shape index (κ1) is 15.1. The van der Waals surface area contributed by atoms with Gasteiger partial charge in [-0.25, -0.2) is 15.0 Å². The Hall–Kier alpha value is -2.44. The molecule has 0 N–H and O–H groups in total. The lowest BCUT2D eigenvalue weighted by Crippen LogP contribution is -2.47. The predicted molar refractivity (Wildman–Crippen MR) is 94.8 cm³/mol. The molecule has 0 aromatic carbocycles. The zero-order chi connectivity index (χ0) is 16.5. The maximum atomic E-state index is 4.65. The fraction of sp³-hybridized carbons (Fsp3) is 0.529. The van der Waals surface area contributed by atoms with E-state index in [1.165, 1.54) is 17.7 Å². The summed E-state index contributed by atoms with van der Waals surface area (Å²) < 4.78 is 0. The third-order valence-corrected chi connectivity index (χ3v) is 4.78. The highest BCUT2D eigenvalue weighted by Crippen LogP contribution is 2.28. The van der Waals surface area contributed by atoms with Crippen molar-refractivity contribution < 1.29 is 0 Å². The van der Waals surface area contributed by atoms with Gasteiger partial charge in [0.1, 0.15) is 18.0 Å². The van der Waals surface area contributed by atoms with E-state index < -0.39 is 0 Å². The van der Waals surface area contributed by atoms with E-state index in [0.29, 0.717) is 0 Å². The molecule has 0 radical (unpaired) electrons. The van der Waals surface area contributed by atoms with E-state index in [1.807, 2.05) is 31.3 Å². The van der Waals surface area contributed by atoms with Crippen LogP contribution in [0.3, 0.4) is 0 Å². The molecule has 4 rings (SSSR count). The van der Waals surface area contributed by atoms with Crippen LogP contribution in [0.1, 0.15) is 17.7 Å².